The van der Waals surface area contributed by atoms with Crippen molar-refractivity contribution in [1.82, 2.24) is 5.32 Å². The minimum absolute atomic E-state index is 0.0930. The molecule has 0 spiro atoms. The number of hydrogen-bond acceptors (Lipinski definition) is 4. The van der Waals surface area contributed by atoms with Crippen molar-refractivity contribution in [2.75, 3.05) is 17.5 Å². The molecule has 0 aromatic heterocycles. The highest BCUT2D eigenvalue weighted by molar-refractivity contribution is 7.94. The van der Waals surface area contributed by atoms with Gasteiger partial charge in [0.05, 0.1) is 23.6 Å². The summed E-state index contributed by atoms with van der Waals surface area (Å²) < 4.78 is 26.9. The zero-order valence-electron chi connectivity index (χ0n) is 8.23. The van der Waals surface area contributed by atoms with Crippen molar-refractivity contribution < 1.29 is 17.9 Å². The van der Waals surface area contributed by atoms with Gasteiger partial charge in [0.2, 0.25) is 0 Å². The SMILES string of the molecule is O=C(NC1C=CS(=O)(=O)C1)OC(CCl)CCl. The molecule has 8 heteroatoms. The number of carbonyl (C=O) groups is 1. The Balaban J connectivity index is 2.39. The molecule has 0 saturated heterocycles. The number of halogens is 2. The maximum atomic E-state index is 11.3. The molecule has 5 nitrogen and oxygen atoms in total. The molecule has 1 amide bonds. The van der Waals surface area contributed by atoms with Gasteiger partial charge in [0, 0.05) is 5.41 Å². The predicted molar refractivity (Wildman–Crippen MR) is 61.6 cm³/mol. The lowest BCUT2D eigenvalue weighted by molar-refractivity contribution is 0.117. The monoisotopic (exact) mass is 287 g/mol. The van der Waals surface area contributed by atoms with Crippen molar-refractivity contribution in [3.05, 3.63) is 11.5 Å². The molecule has 0 saturated carbocycles. The number of ether oxygens (including phenoxy) is 1. The summed E-state index contributed by atoms with van der Waals surface area (Å²) in [6.45, 7) is 0. The second-order valence-electron chi connectivity index (χ2n) is 3.24. The van der Waals surface area contributed by atoms with E-state index in [1.54, 1.807) is 0 Å². The first-order chi connectivity index (χ1) is 7.46. The van der Waals surface area contributed by atoms with Gasteiger partial charge in [-0.3, -0.25) is 0 Å². The Morgan fingerprint density at radius 3 is 2.56 bits per heavy atom. The minimum Gasteiger partial charge on any atom is -0.444 e. The van der Waals surface area contributed by atoms with E-state index in [-0.39, 0.29) is 17.5 Å². The van der Waals surface area contributed by atoms with E-state index >= 15 is 0 Å². The molecule has 1 atom stereocenters. The fourth-order valence-electron chi connectivity index (χ4n) is 1.11. The third kappa shape index (κ3) is 4.19. The maximum Gasteiger partial charge on any atom is 0.407 e. The van der Waals surface area contributed by atoms with Crippen LogP contribution in [0.15, 0.2) is 11.5 Å². The molecule has 1 N–H and O–H groups in total. The molecule has 1 unspecified atom stereocenters. The first kappa shape index (κ1) is 13.6. The van der Waals surface area contributed by atoms with Crippen molar-refractivity contribution >= 4 is 39.1 Å². The highest BCUT2D eigenvalue weighted by Gasteiger charge is 2.24. The van der Waals surface area contributed by atoms with E-state index < -0.39 is 28.1 Å². The Morgan fingerprint density at radius 1 is 1.50 bits per heavy atom. The van der Waals surface area contributed by atoms with Crippen LogP contribution in [0.2, 0.25) is 0 Å². The molecule has 92 valence electrons. The zero-order valence-corrected chi connectivity index (χ0v) is 10.6. The van der Waals surface area contributed by atoms with Crippen LogP contribution in [0.5, 0.6) is 0 Å². The van der Waals surface area contributed by atoms with Gasteiger partial charge < -0.3 is 10.1 Å². The fraction of sp³-hybridized carbons (Fsp3) is 0.625. The first-order valence-corrected chi connectivity index (χ1v) is 7.25. The van der Waals surface area contributed by atoms with E-state index in [0.717, 1.165) is 5.41 Å². The number of carbonyl (C=O) groups excluding carboxylic acids is 1. The number of hydrogen-bond donors (Lipinski definition) is 1. The van der Waals surface area contributed by atoms with Crippen LogP contribution in [-0.4, -0.2) is 44.2 Å². The van der Waals surface area contributed by atoms with Gasteiger partial charge in [-0.1, -0.05) is 0 Å². The summed E-state index contributed by atoms with van der Waals surface area (Å²) in [6.07, 6.45) is 0.0934. The third-order valence-electron chi connectivity index (χ3n) is 1.85. The fourth-order valence-corrected chi connectivity index (χ4v) is 2.80. The van der Waals surface area contributed by atoms with E-state index in [4.69, 9.17) is 27.9 Å². The molecular formula is C8H11Cl2NO4S. The topological polar surface area (TPSA) is 72.5 Å². The van der Waals surface area contributed by atoms with Gasteiger partial charge in [-0.25, -0.2) is 13.2 Å². The standard InChI is InChI=1S/C8H11Cl2NO4S/c9-3-7(4-10)15-8(12)11-6-1-2-16(13,14)5-6/h1-2,6-7H,3-5H2,(H,11,12). The second kappa shape index (κ2) is 5.75. The molecule has 16 heavy (non-hydrogen) atoms. The molecule has 1 heterocycles. The van der Waals surface area contributed by atoms with Crippen LogP contribution in [0.25, 0.3) is 0 Å². The Bertz CT molecular complexity index is 377. The van der Waals surface area contributed by atoms with E-state index in [1.807, 2.05) is 0 Å². The summed E-state index contributed by atoms with van der Waals surface area (Å²) in [7, 11) is -3.18. The molecule has 0 fully saturated rings. The average molecular weight is 288 g/mol. The number of alkyl carbamates (subject to hydrolysis) is 1. The van der Waals surface area contributed by atoms with Crippen LogP contribution in [0.1, 0.15) is 0 Å². The quantitative estimate of drug-likeness (QED) is 0.779. The Morgan fingerprint density at radius 2 is 2.12 bits per heavy atom. The molecule has 0 aromatic carbocycles. The highest BCUT2D eigenvalue weighted by Crippen LogP contribution is 2.08. The van der Waals surface area contributed by atoms with Crippen LogP contribution in [0.3, 0.4) is 0 Å². The van der Waals surface area contributed by atoms with Crippen LogP contribution < -0.4 is 5.32 Å². The van der Waals surface area contributed by atoms with Crippen molar-refractivity contribution in [2.45, 2.75) is 12.1 Å². The Kier molecular flexibility index (Phi) is 4.89. The number of amides is 1. The van der Waals surface area contributed by atoms with Crippen LogP contribution in [0, 0.1) is 0 Å². The molecule has 1 aliphatic heterocycles. The first-order valence-electron chi connectivity index (χ1n) is 4.47. The number of sulfone groups is 1. The Hall–Kier alpha value is -0.460. The molecule has 0 bridgehead atoms. The van der Waals surface area contributed by atoms with Crippen molar-refractivity contribution in [3.8, 4) is 0 Å². The van der Waals surface area contributed by atoms with Crippen LogP contribution >= 0.6 is 23.2 Å². The highest BCUT2D eigenvalue weighted by atomic mass is 35.5. The molecule has 0 aromatic rings. The zero-order chi connectivity index (χ0) is 12.2. The van der Waals surface area contributed by atoms with Gasteiger partial charge >= 0.3 is 6.09 Å². The predicted octanol–water partition coefficient (Wildman–Crippen LogP) is 0.869. The molecular weight excluding hydrogens is 277 g/mol. The third-order valence-corrected chi connectivity index (χ3v) is 3.94. The summed E-state index contributed by atoms with van der Waals surface area (Å²) in [5, 5.41) is 3.46. The van der Waals surface area contributed by atoms with E-state index in [1.165, 1.54) is 6.08 Å². The molecule has 1 rings (SSSR count). The van der Waals surface area contributed by atoms with Gasteiger partial charge in [0.1, 0.15) is 6.10 Å². The summed E-state index contributed by atoms with van der Waals surface area (Å²) in [5.74, 6) is 0.0416. The number of nitrogens with one attached hydrogen (secondary N) is 1. The number of rotatable bonds is 4. The van der Waals surface area contributed by atoms with E-state index in [9.17, 15) is 13.2 Å². The van der Waals surface area contributed by atoms with Crippen LogP contribution in [-0.2, 0) is 14.6 Å². The van der Waals surface area contributed by atoms with Gasteiger partial charge in [0.25, 0.3) is 0 Å². The summed E-state index contributed by atoms with van der Waals surface area (Å²) >= 11 is 10.9. The van der Waals surface area contributed by atoms with Crippen molar-refractivity contribution in [3.63, 3.8) is 0 Å². The molecule has 1 aliphatic rings. The van der Waals surface area contributed by atoms with Crippen molar-refractivity contribution in [2.24, 2.45) is 0 Å². The molecule has 0 aliphatic carbocycles. The molecule has 0 radical (unpaired) electrons. The lowest BCUT2D eigenvalue weighted by Gasteiger charge is -2.15. The van der Waals surface area contributed by atoms with Crippen molar-refractivity contribution in [1.29, 1.82) is 0 Å². The normalized spacial score (nSPS) is 22.3. The average Bonchev–Trinajstić information content (AvgIpc) is 2.54. The van der Waals surface area contributed by atoms with Crippen LogP contribution in [0.4, 0.5) is 4.79 Å². The summed E-state index contributed by atoms with van der Waals surface area (Å²) in [4.78, 5) is 11.3. The number of alkyl halides is 2. The largest absolute Gasteiger partial charge is 0.444 e. The smallest absolute Gasteiger partial charge is 0.407 e. The van der Waals surface area contributed by atoms with Gasteiger partial charge in [0.15, 0.2) is 9.84 Å². The summed E-state index contributed by atoms with van der Waals surface area (Å²) in [5.41, 5.74) is 0. The summed E-state index contributed by atoms with van der Waals surface area (Å²) in [6, 6.07) is -0.552. The van der Waals surface area contributed by atoms with Gasteiger partial charge in [-0.2, -0.15) is 0 Å². The lowest BCUT2D eigenvalue weighted by Crippen LogP contribution is -2.38. The van der Waals surface area contributed by atoms with Gasteiger partial charge in [-0.15, -0.1) is 23.2 Å². The second-order valence-corrected chi connectivity index (χ2v) is 5.79. The minimum atomic E-state index is -3.18. The lowest BCUT2D eigenvalue weighted by atomic mass is 10.3. The van der Waals surface area contributed by atoms with E-state index in [2.05, 4.69) is 5.32 Å². The Labute approximate surface area is 104 Å². The van der Waals surface area contributed by atoms with Gasteiger partial charge in [-0.05, 0) is 6.08 Å². The van der Waals surface area contributed by atoms with E-state index in [0.29, 0.717) is 0 Å². The maximum absolute atomic E-state index is 11.3.